The lowest BCUT2D eigenvalue weighted by Gasteiger charge is -2.11. The van der Waals surface area contributed by atoms with E-state index in [0.717, 1.165) is 12.8 Å². The van der Waals surface area contributed by atoms with Crippen molar-refractivity contribution < 1.29 is 4.79 Å². The quantitative estimate of drug-likeness (QED) is 0.585. The normalized spacial score (nSPS) is 12.3. The molecule has 1 aromatic rings. The van der Waals surface area contributed by atoms with Crippen molar-refractivity contribution in [3.8, 4) is 0 Å². The number of hydrogen-bond acceptors (Lipinski definition) is 3. The SMILES string of the molecule is C=C(C=CC(=C)n1cncn1)C(=O)NCC(C)CCC. The van der Waals surface area contributed by atoms with E-state index in [9.17, 15) is 4.79 Å². The van der Waals surface area contributed by atoms with Crippen LogP contribution in [0.2, 0.25) is 0 Å². The van der Waals surface area contributed by atoms with Crippen LogP contribution in [0.1, 0.15) is 26.7 Å². The molecule has 0 aromatic carbocycles. The lowest BCUT2D eigenvalue weighted by molar-refractivity contribution is -0.117. The maximum atomic E-state index is 11.8. The monoisotopic (exact) mass is 274 g/mol. The van der Waals surface area contributed by atoms with Crippen LogP contribution in [-0.2, 0) is 4.79 Å². The highest BCUT2D eigenvalue weighted by atomic mass is 16.1. The van der Waals surface area contributed by atoms with E-state index in [1.807, 2.05) is 0 Å². The summed E-state index contributed by atoms with van der Waals surface area (Å²) in [7, 11) is 0. The Hall–Kier alpha value is -2.17. The summed E-state index contributed by atoms with van der Waals surface area (Å²) < 4.78 is 1.52. The third-order valence-electron chi connectivity index (χ3n) is 2.87. The van der Waals surface area contributed by atoms with Gasteiger partial charge >= 0.3 is 0 Å². The smallest absolute Gasteiger partial charge is 0.250 e. The van der Waals surface area contributed by atoms with Crippen molar-refractivity contribution >= 4 is 11.6 Å². The van der Waals surface area contributed by atoms with E-state index in [-0.39, 0.29) is 5.91 Å². The molecule has 0 spiro atoms. The molecule has 1 atom stereocenters. The molecule has 5 heteroatoms. The molecule has 0 saturated heterocycles. The number of carbonyl (C=O) groups is 1. The van der Waals surface area contributed by atoms with Crippen molar-refractivity contribution in [3.63, 3.8) is 0 Å². The minimum atomic E-state index is -0.157. The lowest BCUT2D eigenvalue weighted by atomic mass is 10.1. The molecule has 0 bridgehead atoms. The Labute approximate surface area is 120 Å². The summed E-state index contributed by atoms with van der Waals surface area (Å²) >= 11 is 0. The van der Waals surface area contributed by atoms with Crippen LogP contribution in [-0.4, -0.2) is 27.2 Å². The topological polar surface area (TPSA) is 59.8 Å². The number of rotatable bonds is 8. The van der Waals surface area contributed by atoms with Gasteiger partial charge in [0.15, 0.2) is 0 Å². The van der Waals surface area contributed by atoms with Gasteiger partial charge in [-0.25, -0.2) is 9.67 Å². The predicted molar refractivity (Wildman–Crippen MR) is 80.7 cm³/mol. The van der Waals surface area contributed by atoms with Crippen molar-refractivity contribution in [3.05, 3.63) is 43.5 Å². The highest BCUT2D eigenvalue weighted by Gasteiger charge is 2.06. The molecule has 1 N–H and O–H groups in total. The Bertz CT molecular complexity index is 488. The van der Waals surface area contributed by atoms with E-state index in [2.05, 4.69) is 42.4 Å². The fourth-order valence-electron chi connectivity index (χ4n) is 1.68. The Morgan fingerprint density at radius 3 is 2.80 bits per heavy atom. The van der Waals surface area contributed by atoms with Gasteiger partial charge in [0.1, 0.15) is 12.7 Å². The average molecular weight is 274 g/mol. The zero-order chi connectivity index (χ0) is 15.0. The lowest BCUT2D eigenvalue weighted by Crippen LogP contribution is -2.28. The van der Waals surface area contributed by atoms with Gasteiger partial charge in [0.2, 0.25) is 0 Å². The molecule has 0 fully saturated rings. The number of carbonyl (C=O) groups excluding carboxylic acids is 1. The van der Waals surface area contributed by atoms with Gasteiger partial charge in [-0.1, -0.05) is 33.4 Å². The first-order valence-electron chi connectivity index (χ1n) is 6.73. The van der Waals surface area contributed by atoms with Crippen LogP contribution in [0.25, 0.3) is 5.70 Å². The van der Waals surface area contributed by atoms with Crippen molar-refractivity contribution in [1.29, 1.82) is 0 Å². The zero-order valence-corrected chi connectivity index (χ0v) is 12.2. The second-order valence-electron chi connectivity index (χ2n) is 4.79. The molecule has 0 aliphatic heterocycles. The minimum Gasteiger partial charge on any atom is -0.352 e. The molecule has 0 aliphatic carbocycles. The van der Waals surface area contributed by atoms with E-state index >= 15 is 0 Å². The van der Waals surface area contributed by atoms with E-state index in [0.29, 0.717) is 23.7 Å². The third kappa shape index (κ3) is 5.22. The number of amides is 1. The second kappa shape index (κ2) is 8.09. The fourth-order valence-corrected chi connectivity index (χ4v) is 1.68. The van der Waals surface area contributed by atoms with E-state index in [4.69, 9.17) is 0 Å². The molecule has 0 saturated carbocycles. The summed E-state index contributed by atoms with van der Waals surface area (Å²) in [4.78, 5) is 15.7. The largest absolute Gasteiger partial charge is 0.352 e. The summed E-state index contributed by atoms with van der Waals surface area (Å²) in [5, 5.41) is 6.81. The minimum absolute atomic E-state index is 0.157. The van der Waals surface area contributed by atoms with Crippen LogP contribution in [0.5, 0.6) is 0 Å². The second-order valence-corrected chi connectivity index (χ2v) is 4.79. The first-order chi connectivity index (χ1) is 9.54. The molecule has 1 heterocycles. The fraction of sp³-hybridized carbons (Fsp3) is 0.400. The van der Waals surface area contributed by atoms with Crippen molar-refractivity contribution in [1.82, 2.24) is 20.1 Å². The summed E-state index contributed by atoms with van der Waals surface area (Å²) in [5.41, 5.74) is 1.02. The van der Waals surface area contributed by atoms with E-state index in [1.54, 1.807) is 18.5 Å². The van der Waals surface area contributed by atoms with Gasteiger partial charge in [-0.15, -0.1) is 0 Å². The van der Waals surface area contributed by atoms with Gasteiger partial charge in [-0.3, -0.25) is 4.79 Å². The molecule has 1 aromatic heterocycles. The number of allylic oxidation sites excluding steroid dienone is 2. The standard InChI is InChI=1S/C15H22N4O/c1-5-6-12(2)9-17-15(20)13(3)7-8-14(4)19-11-16-10-18-19/h7-8,10-12H,3-6,9H2,1-2H3,(H,17,20). The van der Waals surface area contributed by atoms with Crippen molar-refractivity contribution in [2.24, 2.45) is 5.92 Å². The van der Waals surface area contributed by atoms with Crippen LogP contribution >= 0.6 is 0 Å². The van der Waals surface area contributed by atoms with Crippen LogP contribution in [0, 0.1) is 5.92 Å². The summed E-state index contributed by atoms with van der Waals surface area (Å²) in [6.07, 6.45) is 8.51. The van der Waals surface area contributed by atoms with Crippen molar-refractivity contribution in [2.75, 3.05) is 6.54 Å². The molecule has 0 radical (unpaired) electrons. The van der Waals surface area contributed by atoms with Crippen LogP contribution in [0.3, 0.4) is 0 Å². The predicted octanol–water partition coefficient (Wildman–Crippen LogP) is 2.41. The molecule has 20 heavy (non-hydrogen) atoms. The molecule has 0 aliphatic rings. The zero-order valence-electron chi connectivity index (χ0n) is 12.2. The number of nitrogens with zero attached hydrogens (tertiary/aromatic N) is 3. The van der Waals surface area contributed by atoms with Gasteiger partial charge in [0.25, 0.3) is 5.91 Å². The average Bonchev–Trinajstić information content (AvgIpc) is 2.96. The van der Waals surface area contributed by atoms with Crippen LogP contribution < -0.4 is 5.32 Å². The summed E-state index contributed by atoms with van der Waals surface area (Å²) in [5.74, 6) is 0.321. The highest BCUT2D eigenvalue weighted by Crippen LogP contribution is 2.05. The summed E-state index contributed by atoms with van der Waals surface area (Å²) in [6.45, 7) is 12.5. The van der Waals surface area contributed by atoms with Gasteiger partial charge < -0.3 is 5.32 Å². The Morgan fingerprint density at radius 1 is 1.45 bits per heavy atom. The molecule has 1 amide bonds. The van der Waals surface area contributed by atoms with Crippen LogP contribution in [0.15, 0.2) is 43.5 Å². The van der Waals surface area contributed by atoms with Crippen molar-refractivity contribution in [2.45, 2.75) is 26.7 Å². The van der Waals surface area contributed by atoms with Gasteiger partial charge in [0.05, 0.1) is 5.70 Å². The Morgan fingerprint density at radius 2 is 2.20 bits per heavy atom. The first-order valence-corrected chi connectivity index (χ1v) is 6.73. The molecule has 1 unspecified atom stereocenters. The van der Waals surface area contributed by atoms with Gasteiger partial charge in [0, 0.05) is 12.1 Å². The molecule has 108 valence electrons. The Kier molecular flexibility index (Phi) is 6.43. The third-order valence-corrected chi connectivity index (χ3v) is 2.87. The molecule has 5 nitrogen and oxygen atoms in total. The summed E-state index contributed by atoms with van der Waals surface area (Å²) in [6, 6.07) is 0. The number of aromatic nitrogens is 3. The molecule has 1 rings (SSSR count). The van der Waals surface area contributed by atoms with Crippen LogP contribution in [0.4, 0.5) is 0 Å². The van der Waals surface area contributed by atoms with Gasteiger partial charge in [-0.05, 0) is 24.5 Å². The maximum absolute atomic E-state index is 11.8. The molecular weight excluding hydrogens is 252 g/mol. The van der Waals surface area contributed by atoms with E-state index in [1.165, 1.54) is 11.0 Å². The molecular formula is C15H22N4O. The maximum Gasteiger partial charge on any atom is 0.250 e. The first kappa shape index (κ1) is 15.9. The Balaban J connectivity index is 2.42. The number of hydrogen-bond donors (Lipinski definition) is 1. The highest BCUT2D eigenvalue weighted by molar-refractivity contribution is 5.95. The van der Waals surface area contributed by atoms with Gasteiger partial charge in [-0.2, -0.15) is 5.10 Å². The number of nitrogens with one attached hydrogen (secondary N) is 1. The van der Waals surface area contributed by atoms with E-state index < -0.39 is 0 Å².